The van der Waals surface area contributed by atoms with Crippen LogP contribution in [0, 0.1) is 21.4 Å². The molecule has 0 atom stereocenters. The van der Waals surface area contributed by atoms with E-state index in [-0.39, 0.29) is 23.6 Å². The molecule has 0 heterocycles. The average molecular weight is 206 g/mol. The van der Waals surface area contributed by atoms with Gasteiger partial charge < -0.3 is 4.74 Å². The molecule has 0 radical (unpaired) electrons. The van der Waals surface area contributed by atoms with Gasteiger partial charge in [-0.3, -0.25) is 14.9 Å². The molecule has 0 unspecified atom stereocenters. The molecular formula is C9H6N2O4. The van der Waals surface area contributed by atoms with Gasteiger partial charge in [-0.1, -0.05) is 6.07 Å². The summed E-state index contributed by atoms with van der Waals surface area (Å²) in [5.41, 5.74) is -0.269. The first-order valence-electron chi connectivity index (χ1n) is 3.93. The summed E-state index contributed by atoms with van der Waals surface area (Å²) in [5.74, 6) is -0.168. The van der Waals surface area contributed by atoms with Crippen molar-refractivity contribution in [1.29, 1.82) is 5.26 Å². The third-order valence-electron chi connectivity index (χ3n) is 1.63. The molecule has 0 bridgehead atoms. The molecule has 0 aliphatic heterocycles. The second-order valence-electron chi connectivity index (χ2n) is 2.52. The fourth-order valence-corrected chi connectivity index (χ4v) is 1.04. The van der Waals surface area contributed by atoms with E-state index in [1.54, 1.807) is 6.07 Å². The van der Waals surface area contributed by atoms with Crippen molar-refractivity contribution in [1.82, 2.24) is 0 Å². The van der Waals surface area contributed by atoms with Gasteiger partial charge in [0.15, 0.2) is 12.9 Å². The van der Waals surface area contributed by atoms with E-state index in [0.717, 1.165) is 0 Å². The zero-order valence-electron chi connectivity index (χ0n) is 7.54. The Morgan fingerprint density at radius 3 is 2.87 bits per heavy atom. The number of aldehydes is 1. The maximum absolute atomic E-state index is 10.6. The Labute approximate surface area is 84.8 Å². The summed E-state index contributed by atoms with van der Waals surface area (Å²) in [6.07, 6.45) is 0.444. The van der Waals surface area contributed by atoms with Gasteiger partial charge in [-0.15, -0.1) is 0 Å². The molecule has 1 rings (SSSR count). The Morgan fingerprint density at radius 2 is 2.33 bits per heavy atom. The third-order valence-corrected chi connectivity index (χ3v) is 1.63. The molecule has 6 heteroatoms. The summed E-state index contributed by atoms with van der Waals surface area (Å²) in [6.45, 7) is -0.342. The Kier molecular flexibility index (Phi) is 3.35. The van der Waals surface area contributed by atoms with E-state index in [0.29, 0.717) is 6.29 Å². The molecule has 0 saturated heterocycles. The first-order valence-corrected chi connectivity index (χ1v) is 3.93. The number of hydrogen-bond donors (Lipinski definition) is 0. The lowest BCUT2D eigenvalue weighted by molar-refractivity contribution is -0.385. The zero-order valence-corrected chi connectivity index (χ0v) is 7.54. The smallest absolute Gasteiger partial charge is 0.311 e. The molecular weight excluding hydrogens is 200 g/mol. The minimum atomic E-state index is -0.667. The first kappa shape index (κ1) is 10.7. The van der Waals surface area contributed by atoms with Crippen molar-refractivity contribution in [2.24, 2.45) is 0 Å². The van der Waals surface area contributed by atoms with Gasteiger partial charge in [-0.2, -0.15) is 5.26 Å². The van der Waals surface area contributed by atoms with Crippen LogP contribution in [0.5, 0.6) is 5.75 Å². The number of rotatable bonds is 4. The summed E-state index contributed by atoms with van der Waals surface area (Å²) in [6, 6.07) is 5.64. The topological polar surface area (TPSA) is 93.2 Å². The standard InChI is InChI=1S/C9H6N2O4/c10-4-5-15-9-7(6-12)2-1-3-8(9)11(13)14/h1-3,6H,5H2. The lowest BCUT2D eigenvalue weighted by Crippen LogP contribution is -2.01. The van der Waals surface area contributed by atoms with Crippen LogP contribution in [0.1, 0.15) is 10.4 Å². The van der Waals surface area contributed by atoms with E-state index in [1.807, 2.05) is 0 Å². The van der Waals surface area contributed by atoms with Crippen LogP contribution < -0.4 is 4.74 Å². The number of hydrogen-bond acceptors (Lipinski definition) is 5. The molecule has 0 N–H and O–H groups in total. The van der Waals surface area contributed by atoms with E-state index in [9.17, 15) is 14.9 Å². The number of benzene rings is 1. The molecule has 0 aliphatic rings. The van der Waals surface area contributed by atoms with E-state index >= 15 is 0 Å². The molecule has 0 spiro atoms. The molecule has 1 aromatic carbocycles. The Morgan fingerprint density at radius 1 is 1.60 bits per heavy atom. The van der Waals surface area contributed by atoms with Crippen molar-refractivity contribution in [2.45, 2.75) is 0 Å². The average Bonchev–Trinajstić information content (AvgIpc) is 2.25. The first-order chi connectivity index (χ1) is 7.20. The second-order valence-corrected chi connectivity index (χ2v) is 2.52. The van der Waals surface area contributed by atoms with Crippen molar-refractivity contribution in [3.8, 4) is 11.8 Å². The SMILES string of the molecule is N#CCOc1c(C=O)cccc1[N+](=O)[O-]. The Hall–Kier alpha value is -2.42. The number of carbonyl (C=O) groups is 1. The van der Waals surface area contributed by atoms with Crippen molar-refractivity contribution in [3.63, 3.8) is 0 Å². The summed E-state index contributed by atoms with van der Waals surface area (Å²) >= 11 is 0. The number of nitro groups is 1. The second kappa shape index (κ2) is 4.72. The van der Waals surface area contributed by atoms with Crippen molar-refractivity contribution < 1.29 is 14.5 Å². The van der Waals surface area contributed by atoms with Crippen LogP contribution in [0.2, 0.25) is 0 Å². The van der Waals surface area contributed by atoms with Crippen LogP contribution in [0.4, 0.5) is 5.69 Å². The van der Waals surface area contributed by atoms with Gasteiger partial charge in [-0.05, 0) is 6.07 Å². The number of nitro benzene ring substituents is 1. The van der Waals surface area contributed by atoms with Crippen molar-refractivity contribution >= 4 is 12.0 Å². The quantitative estimate of drug-likeness (QED) is 0.420. The fraction of sp³-hybridized carbons (Fsp3) is 0.111. The molecule has 76 valence electrons. The number of nitriles is 1. The molecule has 0 aliphatic carbocycles. The summed E-state index contributed by atoms with van der Waals surface area (Å²) in [7, 11) is 0. The fourth-order valence-electron chi connectivity index (χ4n) is 1.04. The lowest BCUT2D eigenvalue weighted by atomic mass is 10.2. The maximum atomic E-state index is 10.6. The Balaban J connectivity index is 3.21. The normalized spacial score (nSPS) is 9.00. The van der Waals surface area contributed by atoms with Gasteiger partial charge in [-0.25, -0.2) is 0 Å². The van der Waals surface area contributed by atoms with E-state index in [2.05, 4.69) is 0 Å². The van der Waals surface area contributed by atoms with Gasteiger partial charge in [0.25, 0.3) is 0 Å². The molecule has 15 heavy (non-hydrogen) atoms. The Bertz CT molecular complexity index is 436. The van der Waals surface area contributed by atoms with Crippen molar-refractivity contribution in [2.75, 3.05) is 6.61 Å². The van der Waals surface area contributed by atoms with Crippen LogP contribution >= 0.6 is 0 Å². The number of carbonyl (C=O) groups excluding carboxylic acids is 1. The highest BCUT2D eigenvalue weighted by molar-refractivity contribution is 5.82. The van der Waals surface area contributed by atoms with Crippen LogP contribution in [0.15, 0.2) is 18.2 Å². The third kappa shape index (κ3) is 2.28. The summed E-state index contributed by atoms with van der Waals surface area (Å²) in [4.78, 5) is 20.5. The molecule has 0 amide bonds. The molecule has 0 aromatic heterocycles. The number of nitrogens with zero attached hydrogens (tertiary/aromatic N) is 2. The molecule has 0 saturated carbocycles. The van der Waals surface area contributed by atoms with E-state index in [4.69, 9.17) is 10.00 Å². The van der Waals surface area contributed by atoms with Crippen LogP contribution in [-0.4, -0.2) is 17.8 Å². The molecule has 1 aromatic rings. The highest BCUT2D eigenvalue weighted by Crippen LogP contribution is 2.29. The lowest BCUT2D eigenvalue weighted by Gasteiger charge is -2.04. The highest BCUT2D eigenvalue weighted by Gasteiger charge is 2.18. The van der Waals surface area contributed by atoms with Gasteiger partial charge >= 0.3 is 5.69 Å². The number of ether oxygens (including phenoxy) is 1. The van der Waals surface area contributed by atoms with E-state index < -0.39 is 4.92 Å². The van der Waals surface area contributed by atoms with Gasteiger partial charge in [0, 0.05) is 6.07 Å². The molecule has 0 fully saturated rings. The summed E-state index contributed by atoms with van der Waals surface area (Å²) in [5, 5.41) is 18.9. The van der Waals surface area contributed by atoms with E-state index in [1.165, 1.54) is 18.2 Å². The van der Waals surface area contributed by atoms with Crippen LogP contribution in [0.3, 0.4) is 0 Å². The number of para-hydroxylation sites is 1. The predicted molar refractivity (Wildman–Crippen MR) is 49.6 cm³/mol. The predicted octanol–water partition coefficient (Wildman–Crippen LogP) is 1.31. The van der Waals surface area contributed by atoms with Gasteiger partial charge in [0.1, 0.15) is 6.07 Å². The largest absolute Gasteiger partial charge is 0.471 e. The highest BCUT2D eigenvalue weighted by atomic mass is 16.6. The van der Waals surface area contributed by atoms with Crippen LogP contribution in [-0.2, 0) is 0 Å². The monoisotopic (exact) mass is 206 g/mol. The van der Waals surface area contributed by atoms with Gasteiger partial charge in [0.2, 0.25) is 5.75 Å². The minimum Gasteiger partial charge on any atom is -0.471 e. The van der Waals surface area contributed by atoms with Crippen LogP contribution in [0.25, 0.3) is 0 Å². The van der Waals surface area contributed by atoms with Crippen molar-refractivity contribution in [3.05, 3.63) is 33.9 Å². The minimum absolute atomic E-state index is 0.0550. The zero-order chi connectivity index (χ0) is 11.3. The maximum Gasteiger partial charge on any atom is 0.311 e. The summed E-state index contributed by atoms with van der Waals surface area (Å²) < 4.78 is 4.84. The van der Waals surface area contributed by atoms with Gasteiger partial charge in [0.05, 0.1) is 10.5 Å². The molecule has 6 nitrogen and oxygen atoms in total.